The van der Waals surface area contributed by atoms with E-state index in [9.17, 15) is 67.7 Å². The smallest absolute Gasteiger partial charge is 0.312 e. The zero-order chi connectivity index (χ0) is 74.6. The molecule has 4 aromatic carbocycles. The third-order valence-electron chi connectivity index (χ3n) is 16.7. The van der Waals surface area contributed by atoms with Crippen LogP contribution in [0.15, 0.2) is 121 Å². The molecule has 102 heavy (non-hydrogen) atoms. The van der Waals surface area contributed by atoms with Gasteiger partial charge >= 0.3 is 6.03 Å². The zero-order valence-corrected chi connectivity index (χ0v) is 58.0. The molecule has 1 aliphatic heterocycles. The lowest BCUT2D eigenvalue weighted by molar-refractivity contribution is -0.142. The summed E-state index contributed by atoms with van der Waals surface area (Å²) in [6.45, 7) is 5.15. The van der Waals surface area contributed by atoms with E-state index in [1.54, 1.807) is 50.2 Å². The van der Waals surface area contributed by atoms with Gasteiger partial charge in [-0.05, 0) is 121 Å². The first-order valence-corrected chi connectivity index (χ1v) is 33.8. The fourth-order valence-electron chi connectivity index (χ4n) is 11.4. The average Bonchev–Trinajstić information content (AvgIpc) is 1.13. The molecule has 2 heterocycles. The molecular formula is C70H92ClN17O14. The standard InChI is InChI=1S/C70H92ClN17O14/c1-39(2)31-52(61(94)82-51(15-9-28-77-69(73)74)68(101)88-30-10-16-58(88)67(100)79-40(3)59(72)92)83-60(93)50(14-8-29-78-70(75)102)81-63(96)54(34-43-20-25-49(91)26-21-43)86-66(99)57(38-89)87-65(98)56(36-45-11-7-27-76-37-45)85-64(97)55(33-42-18-23-48(71)24-19-42)84-62(95)53(80-41(4)90)35-44-17-22-46-12-5-6-13-47(46)32-44/h5-7,11-13,17-27,32,37,39-40,50-58,89,91H,8-10,14-16,28-31,33-36,38H2,1-4H3,(H2,72,92)(H,79,100)(H,80,90)(H,81,96)(H,82,94)(H,83,93)(H,84,95)(H,85,97)(H,86,99)(H,87,98)(H4,73,74,77)(H3,75,78,102)/t40-,50-,51+,52+,53-,54+,55-,56-,57-,58+/m1/s1. The molecule has 0 aliphatic carbocycles. The molecule has 0 radical (unpaired) electrons. The van der Waals surface area contributed by atoms with Gasteiger partial charge in [-0.15, -0.1) is 0 Å². The minimum Gasteiger partial charge on any atom is -0.508 e. The molecule has 548 valence electrons. The van der Waals surface area contributed by atoms with Crippen LogP contribution in [0.4, 0.5) is 4.79 Å². The topological polar surface area (TPSA) is 498 Å². The number of guanidine groups is 1. The quantitative estimate of drug-likeness (QED) is 0.0132. The number of aliphatic hydroxyl groups excluding tert-OH is 1. The van der Waals surface area contributed by atoms with Crippen LogP contribution in [-0.2, 0) is 78.4 Å². The molecule has 0 unspecified atom stereocenters. The van der Waals surface area contributed by atoms with Crippen molar-refractivity contribution in [2.24, 2.45) is 33.8 Å². The number of aromatic nitrogens is 1. The van der Waals surface area contributed by atoms with E-state index in [4.69, 9.17) is 34.5 Å². The van der Waals surface area contributed by atoms with Gasteiger partial charge in [0.2, 0.25) is 65.0 Å². The molecule has 13 amide bonds. The Kier molecular flexibility index (Phi) is 31.2. The van der Waals surface area contributed by atoms with Crippen molar-refractivity contribution in [1.29, 1.82) is 0 Å². The number of hydrogen-bond donors (Lipinski definition) is 16. The van der Waals surface area contributed by atoms with Crippen molar-refractivity contribution in [2.75, 3.05) is 26.2 Å². The lowest BCUT2D eigenvalue weighted by Gasteiger charge is -2.31. The summed E-state index contributed by atoms with van der Waals surface area (Å²) in [5.74, 6) is -9.82. The second-order valence-corrected chi connectivity index (χ2v) is 25.8. The number of rotatable bonds is 38. The van der Waals surface area contributed by atoms with Crippen LogP contribution in [0.3, 0.4) is 0 Å². The number of aromatic hydroxyl groups is 1. The molecule has 32 heteroatoms. The van der Waals surface area contributed by atoms with E-state index in [2.05, 4.69) is 63.1 Å². The highest BCUT2D eigenvalue weighted by Gasteiger charge is 2.40. The van der Waals surface area contributed by atoms with Gasteiger partial charge in [-0.3, -0.25) is 62.7 Å². The minimum absolute atomic E-state index is 0.000209. The Bertz CT molecular complexity index is 3770. The Balaban J connectivity index is 1.26. The number of carbonyl (C=O) groups excluding carboxylic acids is 12. The van der Waals surface area contributed by atoms with Crippen molar-refractivity contribution >= 4 is 99.3 Å². The third-order valence-corrected chi connectivity index (χ3v) is 16.9. The number of carbonyl (C=O) groups is 12. The van der Waals surface area contributed by atoms with Crippen LogP contribution in [0, 0.1) is 5.92 Å². The number of hydrogen-bond acceptors (Lipinski definition) is 16. The summed E-state index contributed by atoms with van der Waals surface area (Å²) in [7, 11) is 0. The lowest BCUT2D eigenvalue weighted by atomic mass is 9.99. The van der Waals surface area contributed by atoms with Gasteiger partial charge in [0.1, 0.15) is 66.2 Å². The largest absolute Gasteiger partial charge is 0.508 e. The fourth-order valence-corrected chi connectivity index (χ4v) is 11.5. The van der Waals surface area contributed by atoms with Crippen molar-refractivity contribution in [3.8, 4) is 5.75 Å². The number of likely N-dealkylation sites (tertiary alicyclic amines) is 1. The molecule has 5 aromatic rings. The van der Waals surface area contributed by atoms with Crippen molar-refractivity contribution in [3.05, 3.63) is 143 Å². The van der Waals surface area contributed by atoms with Gasteiger partial charge in [-0.2, -0.15) is 0 Å². The number of primary amides is 2. The second-order valence-electron chi connectivity index (χ2n) is 25.4. The number of aliphatic imine (C=N–C) groups is 1. The Morgan fingerprint density at radius 3 is 1.63 bits per heavy atom. The summed E-state index contributed by atoms with van der Waals surface area (Å²) in [6, 6.07) is 13.5. The number of halogens is 1. The molecule has 0 saturated carbocycles. The van der Waals surface area contributed by atoms with E-state index >= 15 is 0 Å². The summed E-state index contributed by atoms with van der Waals surface area (Å²) < 4.78 is 0. The van der Waals surface area contributed by atoms with E-state index in [-0.39, 0.29) is 101 Å². The summed E-state index contributed by atoms with van der Waals surface area (Å²) in [6.07, 6.45) is 2.70. The fraction of sp³-hybridized carbons (Fsp3) is 0.429. The molecule has 31 nitrogen and oxygen atoms in total. The maximum atomic E-state index is 14.9. The molecule has 1 fully saturated rings. The van der Waals surface area contributed by atoms with Gasteiger partial charge in [0, 0.05) is 69.7 Å². The lowest BCUT2D eigenvalue weighted by Crippen LogP contribution is -2.61. The van der Waals surface area contributed by atoms with Crippen molar-refractivity contribution in [3.63, 3.8) is 0 Å². The number of amides is 13. The highest BCUT2D eigenvalue weighted by molar-refractivity contribution is 6.30. The van der Waals surface area contributed by atoms with Crippen LogP contribution < -0.4 is 76.1 Å². The van der Waals surface area contributed by atoms with Gasteiger partial charge in [0.15, 0.2) is 5.96 Å². The number of nitrogens with one attached hydrogen (secondary N) is 10. The number of phenols is 1. The average molecular weight is 1430 g/mol. The Labute approximate surface area is 595 Å². The predicted octanol–water partition coefficient (Wildman–Crippen LogP) is -0.716. The summed E-state index contributed by atoms with van der Waals surface area (Å²) in [4.78, 5) is 176. The molecule has 20 N–H and O–H groups in total. The van der Waals surface area contributed by atoms with Gasteiger partial charge in [0.05, 0.1) is 6.61 Å². The molecule has 0 bridgehead atoms. The molecule has 10 atom stereocenters. The zero-order valence-electron chi connectivity index (χ0n) is 57.2. The van der Waals surface area contributed by atoms with E-state index in [1.807, 2.05) is 42.5 Å². The monoisotopic (exact) mass is 1430 g/mol. The molecule has 0 spiro atoms. The molecule has 1 saturated heterocycles. The molecular weight excluding hydrogens is 1340 g/mol. The summed E-state index contributed by atoms with van der Waals surface area (Å²) >= 11 is 6.23. The second kappa shape index (κ2) is 39.7. The van der Waals surface area contributed by atoms with E-state index < -0.39 is 138 Å². The number of urea groups is 1. The van der Waals surface area contributed by atoms with Crippen molar-refractivity contribution < 1.29 is 67.7 Å². The number of nitrogens with zero attached hydrogens (tertiary/aromatic N) is 3. The van der Waals surface area contributed by atoms with Crippen LogP contribution in [0.25, 0.3) is 10.8 Å². The Hall–Kier alpha value is -10.9. The first kappa shape index (κ1) is 80.0. The highest BCUT2D eigenvalue weighted by Crippen LogP contribution is 2.22. The van der Waals surface area contributed by atoms with Crippen LogP contribution in [-0.4, -0.2) is 184 Å². The Morgan fingerprint density at radius 1 is 0.569 bits per heavy atom. The number of fused-ring (bicyclic) bond motifs is 1. The van der Waals surface area contributed by atoms with Crippen molar-refractivity contribution in [1.82, 2.24) is 63.1 Å². The van der Waals surface area contributed by atoms with Crippen LogP contribution in [0.2, 0.25) is 5.02 Å². The van der Waals surface area contributed by atoms with E-state index in [0.717, 1.165) is 10.8 Å². The first-order chi connectivity index (χ1) is 48.6. The number of pyridine rings is 1. The number of aliphatic hydroxyl groups is 1. The molecule has 1 aliphatic rings. The van der Waals surface area contributed by atoms with Gasteiger partial charge in [-0.25, -0.2) is 4.79 Å². The van der Waals surface area contributed by atoms with Gasteiger partial charge < -0.3 is 91.2 Å². The van der Waals surface area contributed by atoms with E-state index in [1.165, 1.54) is 55.4 Å². The maximum Gasteiger partial charge on any atom is 0.312 e. The van der Waals surface area contributed by atoms with E-state index in [0.29, 0.717) is 33.7 Å². The summed E-state index contributed by atoms with van der Waals surface area (Å²) in [5.41, 5.74) is 23.9. The Morgan fingerprint density at radius 2 is 1.07 bits per heavy atom. The predicted molar refractivity (Wildman–Crippen MR) is 378 cm³/mol. The normalized spacial score (nSPS) is 15.2. The number of phenolic OH excluding ortho intramolecular Hbond substituents is 1. The summed E-state index contributed by atoms with van der Waals surface area (Å²) in [5, 5.41) is 49.5. The van der Waals surface area contributed by atoms with Gasteiger partial charge in [0.25, 0.3) is 0 Å². The SMILES string of the molecule is CC(=O)N[C@H](Cc1ccc2ccccc2c1)C(=O)N[C@H](Cc1ccc(Cl)cc1)C(=O)N[C@H](Cc1cccnc1)C(=O)N[C@H](CO)C(=O)N[C@@H](Cc1ccc(O)cc1)C(=O)N[C@H](CCCNC(N)=O)C(=O)N[C@@H](CC(C)C)C(=O)N[C@@H](CCCN=C(N)N)C(=O)N1CCC[C@H]1C(=O)N[C@H](C)C(N)=O. The van der Waals surface area contributed by atoms with Crippen molar-refractivity contribution in [2.45, 2.75) is 159 Å². The van der Waals surface area contributed by atoms with Crippen LogP contribution in [0.1, 0.15) is 94.9 Å². The van der Waals surface area contributed by atoms with Crippen LogP contribution in [0.5, 0.6) is 5.75 Å². The maximum absolute atomic E-state index is 14.9. The molecule has 1 aromatic heterocycles. The third kappa shape index (κ3) is 26.0. The minimum atomic E-state index is -1.85. The number of benzene rings is 4. The number of nitrogens with two attached hydrogens (primary N) is 4. The van der Waals surface area contributed by atoms with Gasteiger partial charge in [-0.1, -0.05) is 98.2 Å². The van der Waals surface area contributed by atoms with Crippen LogP contribution >= 0.6 is 11.6 Å². The first-order valence-electron chi connectivity index (χ1n) is 33.5. The highest BCUT2D eigenvalue weighted by atomic mass is 35.5. The molecule has 6 rings (SSSR count).